The van der Waals surface area contributed by atoms with Gasteiger partial charge in [-0.05, 0) is 46.7 Å². The number of hydrogen-bond donors (Lipinski definition) is 3. The average Bonchev–Trinajstić information content (AvgIpc) is 3.57. The maximum atomic E-state index is 13.0. The summed E-state index contributed by atoms with van der Waals surface area (Å²) in [4.78, 5) is 25.1. The third kappa shape index (κ3) is 8.48. The first-order chi connectivity index (χ1) is 22.2. The Morgan fingerprint density at radius 1 is 0.935 bits per heavy atom. The number of carbonyl (C=O) groups is 2. The Balaban J connectivity index is 1.24. The van der Waals surface area contributed by atoms with Crippen LogP contribution in [-0.4, -0.2) is 69.9 Å². The highest BCUT2D eigenvalue weighted by molar-refractivity contribution is 7.99. The first-order valence-electron chi connectivity index (χ1n) is 15.2. The van der Waals surface area contributed by atoms with Crippen LogP contribution in [0.1, 0.15) is 53.9 Å². The van der Waals surface area contributed by atoms with Crippen molar-refractivity contribution in [3.63, 3.8) is 0 Å². The summed E-state index contributed by atoms with van der Waals surface area (Å²) in [5, 5.41) is 21.3. The van der Waals surface area contributed by atoms with Crippen molar-refractivity contribution in [3.8, 4) is 11.1 Å². The van der Waals surface area contributed by atoms with E-state index in [4.69, 9.17) is 9.47 Å². The van der Waals surface area contributed by atoms with Crippen LogP contribution in [0.5, 0.6) is 0 Å². The molecule has 2 saturated heterocycles. The molecule has 8 nitrogen and oxygen atoms in total. The predicted molar refractivity (Wildman–Crippen MR) is 167 cm³/mol. The number of ether oxygens (including phenoxy) is 2. The standard InChI is InChI=1S/C34H37F3N2O6S/c35-34(36,37)33(43)39-14-2-5-29(39)31(42)38-19-23-3-1-4-27(17-23)24-10-12-26(13-11-24)32-44-28(21-46-16-15-40)18-30(45-32)25-8-6-22(20-41)7-9-25/h1,3-4,6-13,17,28-30,32,40-41H,2,5,14-16,18-21H2,(H,38,42). The summed E-state index contributed by atoms with van der Waals surface area (Å²) < 4.78 is 51.6. The molecule has 246 valence electrons. The lowest BCUT2D eigenvalue weighted by Gasteiger charge is -2.36. The Labute approximate surface area is 269 Å². The number of nitrogens with one attached hydrogen (secondary N) is 1. The zero-order valence-corrected chi connectivity index (χ0v) is 25.9. The maximum absolute atomic E-state index is 13.0. The molecule has 0 aromatic heterocycles. The summed E-state index contributed by atoms with van der Waals surface area (Å²) in [6.07, 6.45) is -4.74. The van der Waals surface area contributed by atoms with Crippen molar-refractivity contribution >= 4 is 23.6 Å². The van der Waals surface area contributed by atoms with Crippen LogP contribution in [-0.2, 0) is 32.2 Å². The lowest BCUT2D eigenvalue weighted by atomic mass is 9.99. The molecule has 5 rings (SSSR count). The molecule has 0 bridgehead atoms. The molecule has 3 N–H and O–H groups in total. The summed E-state index contributed by atoms with van der Waals surface area (Å²) in [5.74, 6) is -1.25. The molecular weight excluding hydrogens is 621 g/mol. The Hall–Kier alpha value is -3.42. The number of rotatable bonds is 11. The van der Waals surface area contributed by atoms with Crippen molar-refractivity contribution in [2.75, 3.05) is 24.7 Å². The van der Waals surface area contributed by atoms with E-state index in [1.54, 1.807) is 11.8 Å². The van der Waals surface area contributed by atoms with Gasteiger partial charge in [0.2, 0.25) is 5.91 Å². The van der Waals surface area contributed by atoms with Gasteiger partial charge < -0.3 is 29.9 Å². The van der Waals surface area contributed by atoms with Crippen LogP contribution in [0.3, 0.4) is 0 Å². The normalized spacial score (nSPS) is 21.7. The number of thioether (sulfide) groups is 1. The van der Waals surface area contributed by atoms with Crippen molar-refractivity contribution in [2.24, 2.45) is 0 Å². The molecular formula is C34H37F3N2O6S. The fourth-order valence-corrected chi connectivity index (χ4v) is 6.52. The molecule has 46 heavy (non-hydrogen) atoms. The largest absolute Gasteiger partial charge is 0.471 e. The molecule has 3 aromatic rings. The molecule has 3 aromatic carbocycles. The number of carbonyl (C=O) groups excluding carboxylic acids is 2. The van der Waals surface area contributed by atoms with Gasteiger partial charge in [0.1, 0.15) is 6.04 Å². The molecule has 2 heterocycles. The molecule has 4 unspecified atom stereocenters. The number of aliphatic hydroxyl groups is 2. The monoisotopic (exact) mass is 658 g/mol. The van der Waals surface area contributed by atoms with Gasteiger partial charge in [-0.15, -0.1) is 0 Å². The van der Waals surface area contributed by atoms with E-state index in [1.165, 1.54) is 0 Å². The first kappa shape index (κ1) is 33.9. The minimum Gasteiger partial charge on any atom is -0.396 e. The van der Waals surface area contributed by atoms with E-state index in [2.05, 4.69) is 5.32 Å². The number of alkyl halides is 3. The van der Waals surface area contributed by atoms with E-state index in [0.717, 1.165) is 33.4 Å². The van der Waals surface area contributed by atoms with E-state index >= 15 is 0 Å². The minimum atomic E-state index is -5.02. The SMILES string of the molecule is O=C(NCc1cccc(-c2ccc(C3OC(CSCCO)CC(c4ccc(CO)cc4)O3)cc2)c1)C1CCCN1C(=O)C(F)(F)F. The van der Waals surface area contributed by atoms with Crippen LogP contribution in [0.15, 0.2) is 72.8 Å². The van der Waals surface area contributed by atoms with Crippen molar-refractivity contribution in [3.05, 3.63) is 95.1 Å². The molecule has 0 saturated carbocycles. The van der Waals surface area contributed by atoms with Gasteiger partial charge in [-0.1, -0.05) is 66.7 Å². The Kier molecular flexibility index (Phi) is 11.4. The third-order valence-electron chi connectivity index (χ3n) is 8.12. The highest BCUT2D eigenvalue weighted by Gasteiger charge is 2.47. The Bertz CT molecular complexity index is 1470. The van der Waals surface area contributed by atoms with Crippen LogP contribution >= 0.6 is 11.8 Å². The van der Waals surface area contributed by atoms with Gasteiger partial charge in [0.25, 0.3) is 0 Å². The number of halogens is 3. The zero-order valence-electron chi connectivity index (χ0n) is 25.1. The quantitative estimate of drug-likeness (QED) is 0.241. The summed E-state index contributed by atoms with van der Waals surface area (Å²) in [5.41, 5.74) is 5.22. The van der Waals surface area contributed by atoms with Gasteiger partial charge in [0, 0.05) is 36.6 Å². The van der Waals surface area contributed by atoms with Crippen LogP contribution < -0.4 is 5.32 Å². The van der Waals surface area contributed by atoms with Gasteiger partial charge in [-0.2, -0.15) is 24.9 Å². The molecule has 4 atom stereocenters. The molecule has 0 radical (unpaired) electrons. The van der Waals surface area contributed by atoms with E-state index in [9.17, 15) is 33.0 Å². The molecule has 2 amide bonds. The van der Waals surface area contributed by atoms with Crippen LogP contribution in [0, 0.1) is 0 Å². The molecule has 2 fully saturated rings. The van der Waals surface area contributed by atoms with Gasteiger partial charge in [0.05, 0.1) is 25.4 Å². The number of likely N-dealkylation sites (tertiary alicyclic amines) is 1. The number of amides is 2. The maximum Gasteiger partial charge on any atom is 0.471 e. The highest BCUT2D eigenvalue weighted by Crippen LogP contribution is 2.39. The zero-order chi connectivity index (χ0) is 32.7. The van der Waals surface area contributed by atoms with Crippen LogP contribution in [0.2, 0.25) is 0 Å². The molecule has 0 aliphatic carbocycles. The summed E-state index contributed by atoms with van der Waals surface area (Å²) in [6, 6.07) is 21.8. The second kappa shape index (κ2) is 15.4. The number of nitrogens with zero attached hydrogens (tertiary/aromatic N) is 1. The van der Waals surface area contributed by atoms with Gasteiger partial charge in [-0.25, -0.2) is 0 Å². The third-order valence-corrected chi connectivity index (χ3v) is 9.20. The van der Waals surface area contributed by atoms with Crippen molar-refractivity contribution in [1.29, 1.82) is 0 Å². The van der Waals surface area contributed by atoms with Crippen LogP contribution in [0.4, 0.5) is 13.2 Å². The van der Waals surface area contributed by atoms with Gasteiger partial charge in [0.15, 0.2) is 6.29 Å². The smallest absolute Gasteiger partial charge is 0.396 e. The summed E-state index contributed by atoms with van der Waals surface area (Å²) in [7, 11) is 0. The molecule has 2 aliphatic heterocycles. The lowest BCUT2D eigenvalue weighted by Crippen LogP contribution is -2.50. The van der Waals surface area contributed by atoms with Crippen LogP contribution in [0.25, 0.3) is 11.1 Å². The predicted octanol–water partition coefficient (Wildman–Crippen LogP) is 5.29. The topological polar surface area (TPSA) is 108 Å². The van der Waals surface area contributed by atoms with E-state index in [-0.39, 0.29) is 44.9 Å². The highest BCUT2D eigenvalue weighted by atomic mass is 32.2. The second-order valence-electron chi connectivity index (χ2n) is 11.3. The number of hydrogen-bond acceptors (Lipinski definition) is 7. The van der Waals surface area contributed by atoms with E-state index < -0.39 is 30.3 Å². The number of benzene rings is 3. The fourth-order valence-electron chi connectivity index (χ4n) is 5.75. The summed E-state index contributed by atoms with van der Waals surface area (Å²) in [6.45, 7) is 0.0745. The molecule has 2 aliphatic rings. The first-order valence-corrected chi connectivity index (χ1v) is 16.4. The Morgan fingerprint density at radius 2 is 1.67 bits per heavy atom. The second-order valence-corrected chi connectivity index (χ2v) is 12.5. The van der Waals surface area contributed by atoms with E-state index in [1.807, 2.05) is 72.8 Å². The van der Waals surface area contributed by atoms with Crippen molar-refractivity contribution < 1.29 is 42.4 Å². The van der Waals surface area contributed by atoms with E-state index in [0.29, 0.717) is 29.2 Å². The van der Waals surface area contributed by atoms with Crippen molar-refractivity contribution in [1.82, 2.24) is 10.2 Å². The summed E-state index contributed by atoms with van der Waals surface area (Å²) >= 11 is 1.62. The number of aliphatic hydroxyl groups excluding tert-OH is 2. The molecule has 12 heteroatoms. The minimum absolute atomic E-state index is 0.0331. The Morgan fingerprint density at radius 3 is 2.37 bits per heavy atom. The average molecular weight is 659 g/mol. The van der Waals surface area contributed by atoms with Gasteiger partial charge >= 0.3 is 12.1 Å². The van der Waals surface area contributed by atoms with Crippen molar-refractivity contribution in [2.45, 2.75) is 63.1 Å². The van der Waals surface area contributed by atoms with Gasteiger partial charge in [-0.3, -0.25) is 9.59 Å². The molecule has 0 spiro atoms. The fraction of sp³-hybridized carbons (Fsp3) is 0.412. The lowest BCUT2D eigenvalue weighted by molar-refractivity contribution is -0.245.